The first-order valence-corrected chi connectivity index (χ1v) is 6.12. The van der Waals surface area contributed by atoms with E-state index in [1.807, 2.05) is 0 Å². The topological polar surface area (TPSA) is 80.4 Å². The van der Waals surface area contributed by atoms with Gasteiger partial charge in [-0.15, -0.1) is 11.8 Å². The van der Waals surface area contributed by atoms with Crippen molar-refractivity contribution in [2.75, 3.05) is 6.26 Å². The summed E-state index contributed by atoms with van der Waals surface area (Å²) in [7, 11) is -3.75. The van der Waals surface area contributed by atoms with Gasteiger partial charge in [0.1, 0.15) is 5.75 Å². The number of benzene rings is 1. The van der Waals surface area contributed by atoms with Gasteiger partial charge >= 0.3 is 0 Å². The molecular formula is C7H9NO3S2. The molecule has 6 heteroatoms. The van der Waals surface area contributed by atoms with E-state index in [0.717, 1.165) is 11.8 Å². The van der Waals surface area contributed by atoms with Gasteiger partial charge in [0.05, 0.1) is 9.79 Å². The summed E-state index contributed by atoms with van der Waals surface area (Å²) in [4.78, 5) is 0.241. The number of nitrogens with two attached hydrogens (primary N) is 1. The molecule has 0 aromatic heterocycles. The lowest BCUT2D eigenvalue weighted by atomic mass is 10.3. The molecule has 0 aliphatic heterocycles. The van der Waals surface area contributed by atoms with Crippen LogP contribution in [0.3, 0.4) is 0 Å². The maximum Gasteiger partial charge on any atom is 0.239 e. The zero-order chi connectivity index (χ0) is 10.1. The summed E-state index contributed by atoms with van der Waals surface area (Å²) in [5, 5.41) is 14.3. The fourth-order valence-electron chi connectivity index (χ4n) is 0.933. The van der Waals surface area contributed by atoms with Crippen molar-refractivity contribution >= 4 is 21.8 Å². The molecule has 0 unspecified atom stereocenters. The molecule has 1 rings (SSSR count). The third-order valence-electron chi connectivity index (χ3n) is 1.47. The summed E-state index contributed by atoms with van der Waals surface area (Å²) in [6, 6.07) is 4.22. The summed E-state index contributed by atoms with van der Waals surface area (Å²) >= 11 is 1.14. The van der Waals surface area contributed by atoms with Crippen LogP contribution in [0.25, 0.3) is 0 Å². The Morgan fingerprint density at radius 1 is 1.46 bits per heavy atom. The van der Waals surface area contributed by atoms with E-state index in [2.05, 4.69) is 0 Å². The first-order valence-electron chi connectivity index (χ1n) is 3.35. The number of phenolic OH excluding ortho intramolecular Hbond substituents is 1. The average Bonchev–Trinajstić information content (AvgIpc) is 2.02. The number of sulfonamides is 1. The van der Waals surface area contributed by atoms with Crippen LogP contribution in [0.1, 0.15) is 0 Å². The molecule has 0 heterocycles. The Kier molecular flexibility index (Phi) is 2.84. The lowest BCUT2D eigenvalue weighted by molar-refractivity contribution is 0.458. The molecule has 3 N–H and O–H groups in total. The minimum Gasteiger partial charge on any atom is -0.507 e. The SMILES string of the molecule is CSc1c(O)cccc1S(N)(=O)=O. The maximum atomic E-state index is 11.0. The van der Waals surface area contributed by atoms with Crippen LogP contribution >= 0.6 is 11.8 Å². The molecule has 13 heavy (non-hydrogen) atoms. The molecule has 0 saturated carbocycles. The zero-order valence-corrected chi connectivity index (χ0v) is 8.52. The molecule has 0 amide bonds. The summed E-state index contributed by atoms with van der Waals surface area (Å²) in [5.41, 5.74) is 0. The van der Waals surface area contributed by atoms with Crippen molar-refractivity contribution in [3.05, 3.63) is 18.2 Å². The Hall–Kier alpha value is -0.720. The van der Waals surface area contributed by atoms with Crippen molar-refractivity contribution in [3.8, 4) is 5.75 Å². The average molecular weight is 219 g/mol. The lowest BCUT2D eigenvalue weighted by Gasteiger charge is -2.05. The van der Waals surface area contributed by atoms with Crippen LogP contribution in [0.15, 0.2) is 28.0 Å². The van der Waals surface area contributed by atoms with Crippen LogP contribution in [0.2, 0.25) is 0 Å². The third kappa shape index (κ3) is 2.15. The van der Waals surface area contributed by atoms with Crippen LogP contribution in [-0.4, -0.2) is 19.8 Å². The first-order chi connectivity index (χ1) is 5.96. The minimum atomic E-state index is -3.75. The van der Waals surface area contributed by atoms with Crippen molar-refractivity contribution in [1.82, 2.24) is 0 Å². The highest BCUT2D eigenvalue weighted by atomic mass is 32.2. The summed E-state index contributed by atoms with van der Waals surface area (Å²) in [6.45, 7) is 0. The van der Waals surface area contributed by atoms with Crippen LogP contribution in [0.5, 0.6) is 5.75 Å². The van der Waals surface area contributed by atoms with E-state index < -0.39 is 10.0 Å². The molecule has 0 saturated heterocycles. The molecule has 1 aromatic carbocycles. The quantitative estimate of drug-likeness (QED) is 0.720. The Labute approximate surface area is 80.8 Å². The lowest BCUT2D eigenvalue weighted by Crippen LogP contribution is -2.13. The number of aromatic hydroxyl groups is 1. The van der Waals surface area contributed by atoms with E-state index in [-0.39, 0.29) is 15.5 Å². The molecule has 0 aliphatic rings. The molecule has 0 bridgehead atoms. The van der Waals surface area contributed by atoms with E-state index in [9.17, 15) is 13.5 Å². The molecule has 1 aromatic rings. The van der Waals surface area contributed by atoms with Gasteiger partial charge in [-0.1, -0.05) is 6.07 Å². The number of hydrogen-bond donors (Lipinski definition) is 2. The summed E-state index contributed by atoms with van der Waals surface area (Å²) in [5.74, 6) is -0.0703. The largest absolute Gasteiger partial charge is 0.507 e. The van der Waals surface area contributed by atoms with E-state index in [1.54, 1.807) is 6.26 Å². The number of primary sulfonamides is 1. The second-order valence-corrected chi connectivity index (χ2v) is 4.70. The fourth-order valence-corrected chi connectivity index (χ4v) is 2.71. The number of phenols is 1. The second kappa shape index (κ2) is 3.57. The molecule has 0 radical (unpaired) electrons. The highest BCUT2D eigenvalue weighted by molar-refractivity contribution is 7.99. The van der Waals surface area contributed by atoms with Gasteiger partial charge in [-0.2, -0.15) is 0 Å². The molecule has 0 spiro atoms. The van der Waals surface area contributed by atoms with Crippen LogP contribution < -0.4 is 5.14 Å². The molecule has 72 valence electrons. The van der Waals surface area contributed by atoms with E-state index in [0.29, 0.717) is 0 Å². The Bertz CT molecular complexity index is 414. The number of rotatable bonds is 2. The predicted molar refractivity (Wildman–Crippen MR) is 51.3 cm³/mol. The van der Waals surface area contributed by atoms with Gasteiger partial charge in [-0.05, 0) is 18.4 Å². The standard InChI is InChI=1S/C7H9NO3S2/c1-12-7-5(9)3-2-4-6(7)13(8,10)11/h2-4,9H,1H3,(H2,8,10,11). The Morgan fingerprint density at radius 3 is 2.46 bits per heavy atom. The summed E-state index contributed by atoms with van der Waals surface area (Å²) < 4.78 is 22.0. The van der Waals surface area contributed by atoms with Gasteiger partial charge in [0.2, 0.25) is 10.0 Å². The Balaban J connectivity index is 3.47. The van der Waals surface area contributed by atoms with Crippen molar-refractivity contribution in [2.24, 2.45) is 5.14 Å². The molecule has 0 atom stereocenters. The van der Waals surface area contributed by atoms with E-state index in [1.165, 1.54) is 18.2 Å². The fraction of sp³-hybridized carbons (Fsp3) is 0.143. The van der Waals surface area contributed by atoms with Crippen LogP contribution in [0, 0.1) is 0 Å². The molecule has 4 nitrogen and oxygen atoms in total. The van der Waals surface area contributed by atoms with Gasteiger partial charge in [0.25, 0.3) is 0 Å². The van der Waals surface area contributed by atoms with Crippen LogP contribution in [0.4, 0.5) is 0 Å². The number of thioether (sulfide) groups is 1. The third-order valence-corrected chi connectivity index (χ3v) is 3.39. The smallest absolute Gasteiger partial charge is 0.239 e. The molecule has 0 fully saturated rings. The van der Waals surface area contributed by atoms with Gasteiger partial charge in [0.15, 0.2) is 0 Å². The van der Waals surface area contributed by atoms with E-state index >= 15 is 0 Å². The summed E-state index contributed by atoms with van der Waals surface area (Å²) in [6.07, 6.45) is 1.67. The monoisotopic (exact) mass is 219 g/mol. The zero-order valence-electron chi connectivity index (χ0n) is 6.89. The van der Waals surface area contributed by atoms with Crippen LogP contribution in [-0.2, 0) is 10.0 Å². The van der Waals surface area contributed by atoms with Crippen molar-refractivity contribution in [3.63, 3.8) is 0 Å². The van der Waals surface area contributed by atoms with Crippen molar-refractivity contribution in [1.29, 1.82) is 0 Å². The maximum absolute atomic E-state index is 11.0. The predicted octanol–water partition coefficient (Wildman–Crippen LogP) is 0.762. The van der Waals surface area contributed by atoms with Gasteiger partial charge in [-0.25, -0.2) is 13.6 Å². The molecule has 0 aliphatic carbocycles. The highest BCUT2D eigenvalue weighted by Crippen LogP contribution is 2.32. The van der Waals surface area contributed by atoms with Gasteiger partial charge in [0, 0.05) is 0 Å². The van der Waals surface area contributed by atoms with Gasteiger partial charge in [-0.3, -0.25) is 0 Å². The van der Waals surface area contributed by atoms with Crippen molar-refractivity contribution < 1.29 is 13.5 Å². The first kappa shape index (κ1) is 10.4. The van der Waals surface area contributed by atoms with E-state index in [4.69, 9.17) is 5.14 Å². The van der Waals surface area contributed by atoms with Gasteiger partial charge < -0.3 is 5.11 Å². The highest BCUT2D eigenvalue weighted by Gasteiger charge is 2.15. The second-order valence-electron chi connectivity index (χ2n) is 2.35. The normalized spacial score (nSPS) is 11.5. The molecular weight excluding hydrogens is 210 g/mol. The number of hydrogen-bond acceptors (Lipinski definition) is 4. The minimum absolute atomic E-state index is 0.0417. The van der Waals surface area contributed by atoms with Crippen molar-refractivity contribution in [2.45, 2.75) is 9.79 Å². The Morgan fingerprint density at radius 2 is 2.08 bits per heavy atom.